The molecule has 0 unspecified atom stereocenters. The van der Waals surface area contributed by atoms with E-state index in [0.29, 0.717) is 5.52 Å². The summed E-state index contributed by atoms with van der Waals surface area (Å²) in [6.45, 7) is 4.00. The maximum atomic E-state index is 11.9. The molecule has 0 amide bonds. The van der Waals surface area contributed by atoms with Crippen LogP contribution in [0.1, 0.15) is 13.8 Å². The summed E-state index contributed by atoms with van der Waals surface area (Å²) in [7, 11) is 1.78. The van der Waals surface area contributed by atoms with Crippen LogP contribution in [-0.2, 0) is 7.05 Å². The lowest BCUT2D eigenvalue weighted by atomic mass is 10.3. The van der Waals surface area contributed by atoms with Crippen LogP contribution in [0.25, 0.3) is 16.6 Å². The van der Waals surface area contributed by atoms with E-state index in [9.17, 15) is 4.79 Å². The molecule has 0 aliphatic rings. The molecule has 0 saturated heterocycles. The van der Waals surface area contributed by atoms with Gasteiger partial charge < -0.3 is 4.57 Å². The number of para-hydroxylation sites is 2. The lowest BCUT2D eigenvalue weighted by Gasteiger charge is -2.06. The number of hydrogen-bond acceptors (Lipinski definition) is 2. The molecule has 3 aromatic rings. The standard InChI is InChI=1S/C11H9N3O.C2H6/c1-13-8-4-2-3-5-9(8)14-7-12-6-10(14)11(13)15;1-2/h2-7H,1H3;1-2H3. The molecular weight excluding hydrogens is 214 g/mol. The summed E-state index contributed by atoms with van der Waals surface area (Å²) in [6.07, 6.45) is 3.26. The maximum Gasteiger partial charge on any atom is 0.276 e. The number of fused-ring (bicyclic) bond motifs is 3. The molecule has 88 valence electrons. The first kappa shape index (κ1) is 11.4. The Morgan fingerprint density at radius 3 is 2.41 bits per heavy atom. The van der Waals surface area contributed by atoms with Crippen molar-refractivity contribution < 1.29 is 0 Å². The average Bonchev–Trinajstić information content (AvgIpc) is 2.88. The van der Waals surface area contributed by atoms with Gasteiger partial charge in [-0.1, -0.05) is 26.0 Å². The Hall–Kier alpha value is -2.10. The van der Waals surface area contributed by atoms with Crippen molar-refractivity contribution in [2.45, 2.75) is 13.8 Å². The van der Waals surface area contributed by atoms with Crippen molar-refractivity contribution in [2.75, 3.05) is 0 Å². The summed E-state index contributed by atoms with van der Waals surface area (Å²) < 4.78 is 3.46. The minimum Gasteiger partial charge on any atom is -0.308 e. The molecule has 4 nitrogen and oxygen atoms in total. The highest BCUT2D eigenvalue weighted by atomic mass is 16.1. The quantitative estimate of drug-likeness (QED) is 0.593. The molecule has 0 radical (unpaired) electrons. The smallest absolute Gasteiger partial charge is 0.276 e. The van der Waals surface area contributed by atoms with Gasteiger partial charge in [0.2, 0.25) is 0 Å². The van der Waals surface area contributed by atoms with E-state index < -0.39 is 0 Å². The number of benzene rings is 1. The van der Waals surface area contributed by atoms with Crippen molar-refractivity contribution >= 4 is 16.6 Å². The van der Waals surface area contributed by atoms with Gasteiger partial charge in [-0.3, -0.25) is 9.20 Å². The van der Waals surface area contributed by atoms with E-state index in [4.69, 9.17) is 0 Å². The van der Waals surface area contributed by atoms with Crippen LogP contribution in [-0.4, -0.2) is 14.0 Å². The molecule has 17 heavy (non-hydrogen) atoms. The largest absolute Gasteiger partial charge is 0.308 e. The van der Waals surface area contributed by atoms with Gasteiger partial charge in [0.15, 0.2) is 0 Å². The topological polar surface area (TPSA) is 39.3 Å². The molecule has 4 heteroatoms. The number of aryl methyl sites for hydroxylation is 1. The van der Waals surface area contributed by atoms with Gasteiger partial charge in [-0.2, -0.15) is 0 Å². The first-order valence-electron chi connectivity index (χ1n) is 5.69. The minimum absolute atomic E-state index is 0.0220. The zero-order valence-corrected chi connectivity index (χ0v) is 10.2. The Kier molecular flexibility index (Phi) is 2.95. The summed E-state index contributed by atoms with van der Waals surface area (Å²) in [6, 6.07) is 7.77. The van der Waals surface area contributed by atoms with Crippen molar-refractivity contribution in [3.05, 3.63) is 47.1 Å². The Balaban J connectivity index is 0.000000514. The predicted octanol–water partition coefficient (Wildman–Crippen LogP) is 2.21. The third-order valence-electron chi connectivity index (χ3n) is 2.66. The fourth-order valence-corrected chi connectivity index (χ4v) is 1.88. The molecular formula is C13H15N3O. The Morgan fingerprint density at radius 1 is 1.06 bits per heavy atom. The van der Waals surface area contributed by atoms with Crippen molar-refractivity contribution in [1.29, 1.82) is 0 Å². The second-order valence-electron chi connectivity index (χ2n) is 3.50. The average molecular weight is 229 g/mol. The van der Waals surface area contributed by atoms with Crippen molar-refractivity contribution in [3.8, 4) is 0 Å². The molecule has 3 rings (SSSR count). The van der Waals surface area contributed by atoms with E-state index in [1.54, 1.807) is 24.1 Å². The van der Waals surface area contributed by atoms with Crippen LogP contribution in [0.15, 0.2) is 41.6 Å². The van der Waals surface area contributed by atoms with E-state index in [1.165, 1.54) is 0 Å². The monoisotopic (exact) mass is 229 g/mol. The highest BCUT2D eigenvalue weighted by Gasteiger charge is 2.06. The molecule has 0 saturated carbocycles. The number of aromatic nitrogens is 3. The van der Waals surface area contributed by atoms with Gasteiger partial charge in [0, 0.05) is 7.05 Å². The van der Waals surface area contributed by atoms with Gasteiger partial charge in [0.1, 0.15) is 5.52 Å². The molecule has 1 aromatic carbocycles. The molecule has 2 aromatic heterocycles. The number of rotatable bonds is 0. The van der Waals surface area contributed by atoms with Crippen LogP contribution in [0, 0.1) is 0 Å². The lowest BCUT2D eigenvalue weighted by molar-refractivity contribution is 0.900. The fourth-order valence-electron chi connectivity index (χ4n) is 1.88. The van der Waals surface area contributed by atoms with E-state index in [0.717, 1.165) is 11.0 Å². The van der Waals surface area contributed by atoms with Crippen LogP contribution in [0.5, 0.6) is 0 Å². The third kappa shape index (κ3) is 1.62. The fraction of sp³-hybridized carbons (Fsp3) is 0.231. The van der Waals surface area contributed by atoms with Crippen LogP contribution in [0.4, 0.5) is 0 Å². The molecule has 0 bridgehead atoms. The molecule has 0 atom stereocenters. The van der Waals surface area contributed by atoms with Gasteiger partial charge in [0.05, 0.1) is 23.6 Å². The normalized spacial score (nSPS) is 10.3. The van der Waals surface area contributed by atoms with Gasteiger partial charge in [-0.15, -0.1) is 0 Å². The van der Waals surface area contributed by atoms with Crippen LogP contribution < -0.4 is 5.56 Å². The van der Waals surface area contributed by atoms with Crippen molar-refractivity contribution in [2.24, 2.45) is 7.05 Å². The Labute approximate surface area is 99.1 Å². The second kappa shape index (κ2) is 4.41. The van der Waals surface area contributed by atoms with Gasteiger partial charge in [0.25, 0.3) is 5.56 Å². The Bertz CT molecular complexity index is 709. The van der Waals surface area contributed by atoms with Gasteiger partial charge >= 0.3 is 0 Å². The molecule has 0 aliphatic carbocycles. The molecule has 0 aliphatic heterocycles. The summed E-state index contributed by atoms with van der Waals surface area (Å²) >= 11 is 0. The highest BCUT2D eigenvalue weighted by Crippen LogP contribution is 2.12. The Morgan fingerprint density at radius 2 is 1.71 bits per heavy atom. The van der Waals surface area contributed by atoms with Crippen LogP contribution >= 0.6 is 0 Å². The zero-order chi connectivity index (χ0) is 12.4. The zero-order valence-electron chi connectivity index (χ0n) is 10.2. The summed E-state index contributed by atoms with van der Waals surface area (Å²) in [5, 5.41) is 0. The number of nitrogens with zero attached hydrogens (tertiary/aromatic N) is 3. The van der Waals surface area contributed by atoms with Gasteiger partial charge in [-0.05, 0) is 12.1 Å². The lowest BCUT2D eigenvalue weighted by Crippen LogP contribution is -2.19. The van der Waals surface area contributed by atoms with E-state index >= 15 is 0 Å². The third-order valence-corrected chi connectivity index (χ3v) is 2.66. The molecule has 0 fully saturated rings. The molecule has 2 heterocycles. The number of imidazole rings is 1. The van der Waals surface area contributed by atoms with Crippen LogP contribution in [0.3, 0.4) is 0 Å². The van der Waals surface area contributed by atoms with Crippen molar-refractivity contribution in [3.63, 3.8) is 0 Å². The van der Waals surface area contributed by atoms with E-state index in [1.807, 2.05) is 42.5 Å². The van der Waals surface area contributed by atoms with Crippen molar-refractivity contribution in [1.82, 2.24) is 14.0 Å². The van der Waals surface area contributed by atoms with E-state index in [2.05, 4.69) is 4.98 Å². The molecule has 0 spiro atoms. The second-order valence-corrected chi connectivity index (χ2v) is 3.50. The first-order valence-corrected chi connectivity index (χ1v) is 5.69. The van der Waals surface area contributed by atoms with E-state index in [-0.39, 0.29) is 5.56 Å². The van der Waals surface area contributed by atoms with Crippen LogP contribution in [0.2, 0.25) is 0 Å². The number of hydrogen-bond donors (Lipinski definition) is 0. The minimum atomic E-state index is -0.0220. The maximum absolute atomic E-state index is 11.9. The first-order chi connectivity index (χ1) is 8.29. The SMILES string of the molecule is CC.Cn1c(=O)c2cncn2c2ccccc21. The predicted molar refractivity (Wildman–Crippen MR) is 69.3 cm³/mol. The summed E-state index contributed by atoms with van der Waals surface area (Å²) in [5.74, 6) is 0. The highest BCUT2D eigenvalue weighted by molar-refractivity contribution is 5.78. The summed E-state index contributed by atoms with van der Waals surface area (Å²) in [5.41, 5.74) is 2.49. The summed E-state index contributed by atoms with van der Waals surface area (Å²) in [4.78, 5) is 15.9. The molecule has 0 N–H and O–H groups in total. The van der Waals surface area contributed by atoms with Gasteiger partial charge in [-0.25, -0.2) is 4.98 Å².